The Morgan fingerprint density at radius 2 is 0.771 bits per heavy atom. The molecule has 0 atom stereocenters. The first-order chi connectivity index (χ1) is 23.8. The van der Waals surface area contributed by atoms with Crippen LogP contribution in [0.15, 0.2) is 182 Å². The molecule has 48 heavy (non-hydrogen) atoms. The van der Waals surface area contributed by atoms with Gasteiger partial charge in [-0.15, -0.1) is 0 Å². The van der Waals surface area contributed by atoms with Crippen molar-refractivity contribution in [3.05, 3.63) is 182 Å². The number of nitrogens with zero attached hydrogens (tertiary/aromatic N) is 2. The summed E-state index contributed by atoms with van der Waals surface area (Å²) in [6.45, 7) is 0. The highest BCUT2D eigenvalue weighted by atomic mass is 15.0. The number of fused-ring (bicyclic) bond motifs is 9. The van der Waals surface area contributed by atoms with Crippen molar-refractivity contribution >= 4 is 54.4 Å². The first-order valence-corrected chi connectivity index (χ1v) is 16.5. The molecule has 0 bridgehead atoms. The van der Waals surface area contributed by atoms with Crippen LogP contribution >= 0.6 is 0 Å². The zero-order valence-corrected chi connectivity index (χ0v) is 26.2. The molecule has 2 aromatic heterocycles. The van der Waals surface area contributed by atoms with Gasteiger partial charge in [-0.25, -0.2) is 0 Å². The van der Waals surface area contributed by atoms with E-state index < -0.39 is 0 Å². The smallest absolute Gasteiger partial charge is 0.0641 e. The van der Waals surface area contributed by atoms with Crippen LogP contribution in [0.1, 0.15) is 0 Å². The summed E-state index contributed by atoms with van der Waals surface area (Å²) in [5.74, 6) is 0. The molecule has 2 heterocycles. The predicted molar refractivity (Wildman–Crippen MR) is 203 cm³/mol. The molecule has 8 aromatic carbocycles. The molecule has 0 unspecified atom stereocenters. The maximum atomic E-state index is 2.47. The fraction of sp³-hybridized carbons (Fsp3) is 0. The zero-order valence-electron chi connectivity index (χ0n) is 26.2. The molecule has 2 heteroatoms. The van der Waals surface area contributed by atoms with Gasteiger partial charge in [0.05, 0.1) is 22.1 Å². The van der Waals surface area contributed by atoms with Gasteiger partial charge in [-0.2, -0.15) is 0 Å². The van der Waals surface area contributed by atoms with E-state index in [9.17, 15) is 0 Å². The van der Waals surface area contributed by atoms with Crippen molar-refractivity contribution in [3.63, 3.8) is 0 Å². The standard InChI is InChI=1S/C46H30N2/c1-3-11-31(12-4-1)33-19-24-36(25-20-33)47-42-18-10-9-17-39(42)40-29-30-43-44(46(40)47)41-28-23-35-15-7-8-16-38(35)45(41)48(43)37-26-21-34(22-27-37)32-13-5-2-6-14-32/h1-30H. The first kappa shape index (κ1) is 26.8. The minimum Gasteiger partial charge on any atom is -0.309 e. The fourth-order valence-corrected chi connectivity index (χ4v) is 7.72. The Morgan fingerprint density at radius 3 is 1.42 bits per heavy atom. The molecule has 0 aliphatic heterocycles. The maximum Gasteiger partial charge on any atom is 0.0641 e. The average molecular weight is 611 g/mol. The number of rotatable bonds is 4. The highest BCUT2D eigenvalue weighted by Gasteiger charge is 2.22. The van der Waals surface area contributed by atoms with E-state index in [0.29, 0.717) is 0 Å². The van der Waals surface area contributed by atoms with E-state index in [1.807, 2.05) is 0 Å². The van der Waals surface area contributed by atoms with Crippen LogP contribution in [-0.4, -0.2) is 9.13 Å². The van der Waals surface area contributed by atoms with Crippen LogP contribution in [0.5, 0.6) is 0 Å². The van der Waals surface area contributed by atoms with Gasteiger partial charge in [-0.1, -0.05) is 146 Å². The Balaban J connectivity index is 1.30. The molecule has 0 saturated heterocycles. The third-order valence-electron chi connectivity index (χ3n) is 9.91. The molecular weight excluding hydrogens is 581 g/mol. The van der Waals surface area contributed by atoms with Gasteiger partial charge in [0, 0.05) is 38.3 Å². The minimum absolute atomic E-state index is 1.15. The second-order valence-electron chi connectivity index (χ2n) is 12.6. The number of hydrogen-bond acceptors (Lipinski definition) is 0. The zero-order chi connectivity index (χ0) is 31.6. The fourth-order valence-electron chi connectivity index (χ4n) is 7.72. The molecule has 224 valence electrons. The van der Waals surface area contributed by atoms with Crippen molar-refractivity contribution in [2.75, 3.05) is 0 Å². The van der Waals surface area contributed by atoms with Crippen LogP contribution < -0.4 is 0 Å². The van der Waals surface area contributed by atoms with Crippen molar-refractivity contribution in [2.24, 2.45) is 0 Å². The highest BCUT2D eigenvalue weighted by Crippen LogP contribution is 2.44. The van der Waals surface area contributed by atoms with Gasteiger partial charge < -0.3 is 9.13 Å². The van der Waals surface area contributed by atoms with Crippen molar-refractivity contribution < 1.29 is 0 Å². The van der Waals surface area contributed by atoms with Crippen LogP contribution in [0.2, 0.25) is 0 Å². The molecule has 10 rings (SSSR count). The quantitative estimate of drug-likeness (QED) is 0.188. The topological polar surface area (TPSA) is 9.86 Å². The van der Waals surface area contributed by atoms with Gasteiger partial charge in [-0.05, 0) is 64.0 Å². The van der Waals surface area contributed by atoms with Crippen LogP contribution in [0.4, 0.5) is 0 Å². The van der Waals surface area contributed by atoms with Crippen LogP contribution in [0.25, 0.3) is 88.0 Å². The van der Waals surface area contributed by atoms with Crippen molar-refractivity contribution in [2.45, 2.75) is 0 Å². The minimum atomic E-state index is 1.15. The number of aromatic nitrogens is 2. The Kier molecular flexibility index (Phi) is 5.91. The SMILES string of the molecule is c1ccc(-c2ccc(-n3c4ccc5c6ccccc6n(-c6ccc(-c7ccccc7)cc6)c5c4c4ccc5ccccc5c43)cc2)cc1. The molecular formula is C46H30N2. The molecule has 0 spiro atoms. The summed E-state index contributed by atoms with van der Waals surface area (Å²) in [6.07, 6.45) is 0. The van der Waals surface area contributed by atoms with Gasteiger partial charge in [0.1, 0.15) is 0 Å². The molecule has 0 amide bonds. The van der Waals surface area contributed by atoms with Crippen molar-refractivity contribution in [3.8, 4) is 33.6 Å². The van der Waals surface area contributed by atoms with Gasteiger partial charge in [-0.3, -0.25) is 0 Å². The molecule has 2 nitrogen and oxygen atoms in total. The molecule has 0 aliphatic rings. The molecule has 0 radical (unpaired) electrons. The molecule has 0 saturated carbocycles. The third kappa shape index (κ3) is 4.00. The van der Waals surface area contributed by atoms with E-state index in [1.54, 1.807) is 0 Å². The summed E-state index contributed by atoms with van der Waals surface area (Å²) < 4.78 is 4.95. The lowest BCUT2D eigenvalue weighted by molar-refractivity contribution is 1.18. The van der Waals surface area contributed by atoms with Gasteiger partial charge >= 0.3 is 0 Å². The first-order valence-electron chi connectivity index (χ1n) is 16.5. The lowest BCUT2D eigenvalue weighted by atomic mass is 10.0. The summed E-state index contributed by atoms with van der Waals surface area (Å²) in [4.78, 5) is 0. The van der Waals surface area contributed by atoms with E-state index in [4.69, 9.17) is 0 Å². The van der Waals surface area contributed by atoms with E-state index in [1.165, 1.54) is 76.6 Å². The summed E-state index contributed by atoms with van der Waals surface area (Å²) >= 11 is 0. The van der Waals surface area contributed by atoms with Crippen LogP contribution in [0.3, 0.4) is 0 Å². The Labute approximate surface area is 278 Å². The van der Waals surface area contributed by atoms with Crippen molar-refractivity contribution in [1.82, 2.24) is 9.13 Å². The largest absolute Gasteiger partial charge is 0.309 e. The summed E-state index contributed by atoms with van der Waals surface area (Å²) in [5.41, 5.74) is 12.1. The Morgan fingerprint density at radius 1 is 0.271 bits per heavy atom. The number of para-hydroxylation sites is 1. The molecule has 0 fully saturated rings. The summed E-state index contributed by atoms with van der Waals surface area (Å²) in [6, 6.07) is 66.1. The van der Waals surface area contributed by atoms with Gasteiger partial charge in [0.25, 0.3) is 0 Å². The Bertz CT molecular complexity index is 2780. The average Bonchev–Trinajstić information content (AvgIpc) is 3.69. The lowest BCUT2D eigenvalue weighted by Gasteiger charge is -2.12. The van der Waals surface area contributed by atoms with Gasteiger partial charge in [0.15, 0.2) is 0 Å². The van der Waals surface area contributed by atoms with Crippen LogP contribution in [-0.2, 0) is 0 Å². The maximum absolute atomic E-state index is 2.47. The monoisotopic (exact) mass is 610 g/mol. The van der Waals surface area contributed by atoms with E-state index in [0.717, 1.165) is 11.4 Å². The second kappa shape index (κ2) is 10.6. The predicted octanol–water partition coefficient (Wildman–Crippen LogP) is 12.4. The normalized spacial score (nSPS) is 11.8. The Hall–Kier alpha value is -6.38. The number of hydrogen-bond donors (Lipinski definition) is 0. The van der Waals surface area contributed by atoms with E-state index in [2.05, 4.69) is 191 Å². The molecule has 10 aromatic rings. The third-order valence-corrected chi connectivity index (χ3v) is 9.91. The summed E-state index contributed by atoms with van der Waals surface area (Å²) in [5, 5.41) is 7.53. The van der Waals surface area contributed by atoms with Crippen LogP contribution in [0, 0.1) is 0 Å². The highest BCUT2D eigenvalue weighted by molar-refractivity contribution is 6.29. The lowest BCUT2D eigenvalue weighted by Crippen LogP contribution is -1.96. The van der Waals surface area contributed by atoms with Gasteiger partial charge in [0.2, 0.25) is 0 Å². The number of benzene rings is 8. The summed E-state index contributed by atoms with van der Waals surface area (Å²) in [7, 11) is 0. The van der Waals surface area contributed by atoms with Crippen molar-refractivity contribution in [1.29, 1.82) is 0 Å². The van der Waals surface area contributed by atoms with E-state index in [-0.39, 0.29) is 0 Å². The van der Waals surface area contributed by atoms with E-state index >= 15 is 0 Å². The second-order valence-corrected chi connectivity index (χ2v) is 12.6. The molecule has 0 N–H and O–H groups in total. The molecule has 0 aliphatic carbocycles.